The third-order valence-corrected chi connectivity index (χ3v) is 6.85. The molecule has 1 aliphatic heterocycles. The number of fused-ring (bicyclic) bond motifs is 1. The van der Waals surface area contributed by atoms with Gasteiger partial charge in [-0.2, -0.15) is 0 Å². The molecule has 1 atom stereocenters. The van der Waals surface area contributed by atoms with E-state index in [-0.39, 0.29) is 34.6 Å². The SMILES string of the molecule is O=C(O)C1(Nc2c([N+](=O)[O-])cnc3c2ccn3S(=O)(=O)c2ccccc2)CCCOC1. The number of nitro groups is 1. The van der Waals surface area contributed by atoms with Gasteiger partial charge in [0.05, 0.1) is 21.8 Å². The van der Waals surface area contributed by atoms with E-state index in [9.17, 15) is 28.4 Å². The molecule has 3 heterocycles. The predicted octanol–water partition coefficient (Wildman–Crippen LogP) is 2.23. The number of carboxylic acid groups (broad SMARTS) is 1. The Bertz CT molecular complexity index is 1270. The highest BCUT2D eigenvalue weighted by atomic mass is 32.2. The summed E-state index contributed by atoms with van der Waals surface area (Å²) in [5.41, 5.74) is -2.23. The van der Waals surface area contributed by atoms with Crippen molar-refractivity contribution in [3.05, 3.63) is 58.9 Å². The lowest BCUT2D eigenvalue weighted by atomic mass is 9.92. The molecule has 0 radical (unpaired) electrons. The van der Waals surface area contributed by atoms with Crippen LogP contribution in [-0.4, -0.2) is 52.1 Å². The van der Waals surface area contributed by atoms with Crippen molar-refractivity contribution in [1.82, 2.24) is 8.96 Å². The maximum absolute atomic E-state index is 13.1. The molecule has 11 nitrogen and oxygen atoms in total. The van der Waals surface area contributed by atoms with Crippen LogP contribution in [0.4, 0.5) is 11.4 Å². The molecule has 12 heteroatoms. The summed E-state index contributed by atoms with van der Waals surface area (Å²) in [4.78, 5) is 27.0. The zero-order valence-electron chi connectivity index (χ0n) is 16.1. The monoisotopic (exact) mass is 446 g/mol. The van der Waals surface area contributed by atoms with Crippen molar-refractivity contribution in [1.29, 1.82) is 0 Å². The molecule has 1 unspecified atom stereocenters. The molecule has 162 valence electrons. The fraction of sp³-hybridized carbons (Fsp3) is 0.263. The summed E-state index contributed by atoms with van der Waals surface area (Å²) in [6, 6.07) is 9.02. The maximum atomic E-state index is 13.1. The molecule has 31 heavy (non-hydrogen) atoms. The van der Waals surface area contributed by atoms with Gasteiger partial charge >= 0.3 is 11.7 Å². The third-order valence-electron chi connectivity index (χ3n) is 5.17. The van der Waals surface area contributed by atoms with Crippen molar-refractivity contribution < 1.29 is 28.0 Å². The number of nitrogens with one attached hydrogen (secondary N) is 1. The summed E-state index contributed by atoms with van der Waals surface area (Å²) in [6.45, 7) is 0.197. The van der Waals surface area contributed by atoms with Gasteiger partial charge in [-0.05, 0) is 31.0 Å². The van der Waals surface area contributed by atoms with Crippen molar-refractivity contribution in [3.63, 3.8) is 0 Å². The zero-order chi connectivity index (χ0) is 22.2. The highest BCUT2D eigenvalue weighted by molar-refractivity contribution is 7.90. The van der Waals surface area contributed by atoms with Crippen LogP contribution in [0, 0.1) is 10.1 Å². The van der Waals surface area contributed by atoms with Gasteiger partial charge in [0.15, 0.2) is 11.2 Å². The van der Waals surface area contributed by atoms with Crippen LogP contribution in [0.25, 0.3) is 11.0 Å². The van der Waals surface area contributed by atoms with Crippen molar-refractivity contribution in [2.45, 2.75) is 23.3 Å². The average molecular weight is 446 g/mol. The molecule has 0 bridgehead atoms. The molecule has 4 rings (SSSR count). The number of nitrogens with zero attached hydrogens (tertiary/aromatic N) is 3. The number of hydrogen-bond donors (Lipinski definition) is 2. The Morgan fingerprint density at radius 1 is 1.29 bits per heavy atom. The van der Waals surface area contributed by atoms with E-state index in [1.165, 1.54) is 24.4 Å². The molecule has 1 saturated heterocycles. The highest BCUT2D eigenvalue weighted by Crippen LogP contribution is 2.37. The lowest BCUT2D eigenvalue weighted by Crippen LogP contribution is -2.52. The van der Waals surface area contributed by atoms with E-state index in [1.54, 1.807) is 18.2 Å². The predicted molar refractivity (Wildman–Crippen MR) is 109 cm³/mol. The van der Waals surface area contributed by atoms with Crippen LogP contribution in [0.15, 0.2) is 53.7 Å². The Labute approximate surface area is 176 Å². The van der Waals surface area contributed by atoms with Crippen LogP contribution < -0.4 is 5.32 Å². The van der Waals surface area contributed by atoms with E-state index < -0.39 is 32.1 Å². The van der Waals surface area contributed by atoms with Crippen molar-refractivity contribution in [2.24, 2.45) is 0 Å². The van der Waals surface area contributed by atoms with E-state index in [2.05, 4.69) is 10.3 Å². The van der Waals surface area contributed by atoms with E-state index >= 15 is 0 Å². The van der Waals surface area contributed by atoms with Crippen molar-refractivity contribution in [2.75, 3.05) is 18.5 Å². The molecule has 2 aromatic heterocycles. The second-order valence-corrected chi connectivity index (χ2v) is 8.93. The van der Waals surface area contributed by atoms with Gasteiger partial charge in [0.2, 0.25) is 0 Å². The summed E-state index contributed by atoms with van der Waals surface area (Å²) in [6.07, 6.45) is 2.79. The first-order valence-corrected chi connectivity index (χ1v) is 10.7. The Kier molecular flexibility index (Phi) is 5.11. The number of benzene rings is 1. The van der Waals surface area contributed by atoms with E-state index in [4.69, 9.17) is 4.74 Å². The number of carboxylic acids is 1. The minimum Gasteiger partial charge on any atom is -0.479 e. The second-order valence-electron chi connectivity index (χ2n) is 7.11. The first kappa shape index (κ1) is 20.8. The number of aromatic nitrogens is 2. The van der Waals surface area contributed by atoms with Crippen LogP contribution >= 0.6 is 0 Å². The lowest BCUT2D eigenvalue weighted by Gasteiger charge is -2.34. The van der Waals surface area contributed by atoms with Crippen LogP contribution in [-0.2, 0) is 19.6 Å². The van der Waals surface area contributed by atoms with Crippen LogP contribution in [0.1, 0.15) is 12.8 Å². The van der Waals surface area contributed by atoms with Gasteiger partial charge in [0.1, 0.15) is 11.9 Å². The molecule has 2 N–H and O–H groups in total. The number of aliphatic carboxylic acids is 1. The summed E-state index contributed by atoms with van der Waals surface area (Å²) in [7, 11) is -4.02. The Morgan fingerprint density at radius 3 is 2.65 bits per heavy atom. The molecule has 1 aliphatic rings. The van der Waals surface area contributed by atoms with Gasteiger partial charge < -0.3 is 15.2 Å². The summed E-state index contributed by atoms with van der Waals surface area (Å²) >= 11 is 0. The molecular formula is C19H18N4O7S. The Balaban J connectivity index is 1.90. The van der Waals surface area contributed by atoms with E-state index in [0.29, 0.717) is 13.0 Å². The molecule has 3 aromatic rings. The molecular weight excluding hydrogens is 428 g/mol. The van der Waals surface area contributed by atoms with Crippen molar-refractivity contribution in [3.8, 4) is 0 Å². The summed E-state index contributed by atoms with van der Waals surface area (Å²) in [5, 5.41) is 24.3. The Morgan fingerprint density at radius 2 is 2.03 bits per heavy atom. The lowest BCUT2D eigenvalue weighted by molar-refractivity contribution is -0.384. The topological polar surface area (TPSA) is 154 Å². The fourth-order valence-corrected chi connectivity index (χ4v) is 4.90. The number of ether oxygens (including phenoxy) is 1. The summed E-state index contributed by atoms with van der Waals surface area (Å²) < 4.78 is 32.3. The van der Waals surface area contributed by atoms with Gasteiger partial charge in [-0.1, -0.05) is 18.2 Å². The van der Waals surface area contributed by atoms with Gasteiger partial charge in [-0.25, -0.2) is 22.2 Å². The first-order chi connectivity index (χ1) is 14.8. The number of hydrogen-bond acceptors (Lipinski definition) is 8. The standard InChI is InChI=1S/C19H18N4O7S/c24-18(25)19(8-4-10-30-12-19)21-16-14-7-9-22(17(14)20-11-15(16)23(26)27)31(28,29)13-5-2-1-3-6-13/h1-3,5-7,9,11H,4,8,10,12H2,(H,20,21)(H,24,25). The molecule has 1 fully saturated rings. The molecule has 0 aliphatic carbocycles. The van der Waals surface area contributed by atoms with Gasteiger partial charge in [0.25, 0.3) is 10.0 Å². The number of rotatable bonds is 6. The fourth-order valence-electron chi connectivity index (χ4n) is 3.58. The van der Waals surface area contributed by atoms with Crippen LogP contribution in [0.5, 0.6) is 0 Å². The van der Waals surface area contributed by atoms with Crippen molar-refractivity contribution >= 4 is 38.4 Å². The minimum absolute atomic E-state index is 0.0184. The largest absolute Gasteiger partial charge is 0.479 e. The number of pyridine rings is 1. The van der Waals surface area contributed by atoms with Crippen LogP contribution in [0.2, 0.25) is 0 Å². The summed E-state index contributed by atoms with van der Waals surface area (Å²) in [5.74, 6) is -1.22. The molecule has 0 amide bonds. The molecule has 0 spiro atoms. The zero-order valence-corrected chi connectivity index (χ0v) is 16.9. The maximum Gasteiger partial charge on any atom is 0.331 e. The smallest absolute Gasteiger partial charge is 0.331 e. The number of anilines is 1. The van der Waals surface area contributed by atoms with Crippen LogP contribution in [0.3, 0.4) is 0 Å². The first-order valence-electron chi connectivity index (χ1n) is 9.31. The number of carbonyl (C=O) groups is 1. The third kappa shape index (κ3) is 3.49. The van der Waals surface area contributed by atoms with Gasteiger partial charge in [0, 0.05) is 12.8 Å². The Hall–Kier alpha value is -3.51. The molecule has 1 aromatic carbocycles. The normalized spacial score (nSPS) is 19.2. The average Bonchev–Trinajstić information content (AvgIpc) is 3.20. The van der Waals surface area contributed by atoms with Gasteiger partial charge in [-0.3, -0.25) is 10.1 Å². The van der Waals surface area contributed by atoms with Gasteiger partial charge in [-0.15, -0.1) is 0 Å². The second kappa shape index (κ2) is 7.63. The quantitative estimate of drug-likeness (QED) is 0.428. The van der Waals surface area contributed by atoms with E-state index in [1.807, 2.05) is 0 Å². The minimum atomic E-state index is -4.02. The molecule has 0 saturated carbocycles. The van der Waals surface area contributed by atoms with E-state index in [0.717, 1.165) is 10.2 Å². The highest BCUT2D eigenvalue weighted by Gasteiger charge is 2.42.